The monoisotopic (exact) mass is 472 g/mol. The third-order valence-corrected chi connectivity index (χ3v) is 6.38. The van der Waals surface area contributed by atoms with Gasteiger partial charge in [-0.1, -0.05) is 42.5 Å². The first-order valence-corrected chi connectivity index (χ1v) is 11.1. The third-order valence-electron chi connectivity index (χ3n) is 5.48. The number of nitrogens with one attached hydrogen (secondary N) is 2. The number of ether oxygens (including phenoxy) is 1. The molecule has 0 aliphatic rings. The predicted octanol–water partition coefficient (Wildman–Crippen LogP) is 5.97. The molecular weight excluding hydrogens is 455 g/mol. The fraction of sp³-hybridized carbons (Fsp3) is 0.0385. The summed E-state index contributed by atoms with van der Waals surface area (Å²) in [5.74, 6) is -1.64. The number of esters is 1. The van der Waals surface area contributed by atoms with Gasteiger partial charge in [0.15, 0.2) is 0 Å². The van der Waals surface area contributed by atoms with Crippen molar-refractivity contribution >= 4 is 50.0 Å². The van der Waals surface area contributed by atoms with Crippen molar-refractivity contribution in [3.8, 4) is 11.1 Å². The summed E-state index contributed by atoms with van der Waals surface area (Å²) in [4.78, 5) is 25.7. The normalized spacial score (nSPS) is 11.0. The number of hydrogen-bond donors (Lipinski definition) is 2. The van der Waals surface area contributed by atoms with Gasteiger partial charge >= 0.3 is 5.97 Å². The van der Waals surface area contributed by atoms with Gasteiger partial charge in [-0.3, -0.25) is 10.2 Å². The number of fused-ring (bicyclic) bond motifs is 3. The Morgan fingerprint density at radius 1 is 1.03 bits per heavy atom. The Bertz CT molecular complexity index is 1640. The number of carbonyl (C=O) groups is 2. The van der Waals surface area contributed by atoms with E-state index in [0.717, 1.165) is 22.1 Å². The number of thiophene rings is 1. The van der Waals surface area contributed by atoms with Crippen molar-refractivity contribution in [2.45, 2.75) is 0 Å². The molecule has 0 aliphatic heterocycles. The van der Waals surface area contributed by atoms with Gasteiger partial charge in [0.2, 0.25) is 5.55 Å². The third kappa shape index (κ3) is 3.74. The minimum Gasteiger partial charge on any atom is -0.465 e. The fourth-order valence-electron chi connectivity index (χ4n) is 3.82. The van der Waals surface area contributed by atoms with E-state index in [1.807, 2.05) is 30.3 Å². The molecule has 3 aromatic carbocycles. The Kier molecular flexibility index (Phi) is 5.43. The van der Waals surface area contributed by atoms with Gasteiger partial charge < -0.3 is 14.5 Å². The molecule has 0 atom stereocenters. The first-order valence-electron chi connectivity index (χ1n) is 10.2. The molecule has 0 fully saturated rings. The molecule has 6 nitrogen and oxygen atoms in total. The van der Waals surface area contributed by atoms with Crippen LogP contribution < -0.4 is 10.9 Å². The van der Waals surface area contributed by atoms with Crippen LogP contribution in [0.4, 0.5) is 9.39 Å². The van der Waals surface area contributed by atoms with E-state index in [1.54, 1.807) is 29.6 Å². The molecule has 0 spiro atoms. The van der Waals surface area contributed by atoms with Crippen LogP contribution in [-0.2, 0) is 4.74 Å². The number of halogens is 1. The summed E-state index contributed by atoms with van der Waals surface area (Å²) in [6.07, 6.45) is 0. The Labute approximate surface area is 196 Å². The summed E-state index contributed by atoms with van der Waals surface area (Å²) >= 11 is 1.14. The number of rotatable bonds is 4. The van der Waals surface area contributed by atoms with E-state index in [2.05, 4.69) is 5.32 Å². The van der Waals surface area contributed by atoms with Crippen molar-refractivity contribution in [1.29, 1.82) is 5.41 Å². The van der Waals surface area contributed by atoms with Crippen molar-refractivity contribution in [3.63, 3.8) is 0 Å². The lowest BCUT2D eigenvalue weighted by molar-refractivity contribution is 0.0603. The average molecular weight is 472 g/mol. The van der Waals surface area contributed by atoms with Crippen molar-refractivity contribution in [3.05, 3.63) is 94.6 Å². The summed E-state index contributed by atoms with van der Waals surface area (Å²) in [5, 5.41) is 15.5. The van der Waals surface area contributed by atoms with E-state index >= 15 is 0 Å². The Balaban J connectivity index is 1.57. The van der Waals surface area contributed by atoms with Crippen LogP contribution in [0.25, 0.3) is 32.9 Å². The fourth-order valence-corrected chi connectivity index (χ4v) is 4.78. The zero-order chi connectivity index (χ0) is 23.8. The molecular formula is C26H17FN2O4S. The summed E-state index contributed by atoms with van der Waals surface area (Å²) in [6, 6.07) is 18.6. The average Bonchev–Trinajstić information content (AvgIpc) is 3.26. The molecule has 2 N–H and O–H groups in total. The molecule has 0 aliphatic carbocycles. The topological polar surface area (TPSA) is 92.4 Å². The van der Waals surface area contributed by atoms with Gasteiger partial charge in [-0.25, -0.2) is 9.18 Å². The predicted molar refractivity (Wildman–Crippen MR) is 129 cm³/mol. The lowest BCUT2D eigenvalue weighted by Gasteiger charge is -2.09. The summed E-state index contributed by atoms with van der Waals surface area (Å²) < 4.78 is 23.9. The van der Waals surface area contributed by atoms with Crippen LogP contribution in [0, 0.1) is 11.2 Å². The SMILES string of the molecule is COC(=O)c1c(-c2ccc(F)cc2)csc1NC(=O)c1cc2c(ccc3ccccc32)oc1=N. The second-order valence-electron chi connectivity index (χ2n) is 7.49. The van der Waals surface area contributed by atoms with Gasteiger partial charge in [-0.05, 0) is 40.6 Å². The summed E-state index contributed by atoms with van der Waals surface area (Å²) in [5.41, 5.74) is 1.48. The smallest absolute Gasteiger partial charge is 0.341 e. The van der Waals surface area contributed by atoms with E-state index in [-0.39, 0.29) is 21.7 Å². The zero-order valence-corrected chi connectivity index (χ0v) is 18.7. The molecule has 0 bridgehead atoms. The van der Waals surface area contributed by atoms with E-state index in [0.29, 0.717) is 22.1 Å². The maximum atomic E-state index is 13.4. The minimum absolute atomic E-state index is 0.0244. The van der Waals surface area contributed by atoms with E-state index in [9.17, 15) is 14.0 Å². The van der Waals surface area contributed by atoms with Crippen LogP contribution >= 0.6 is 11.3 Å². The van der Waals surface area contributed by atoms with Crippen molar-refractivity contribution in [2.24, 2.45) is 0 Å². The first-order chi connectivity index (χ1) is 16.5. The Hall–Kier alpha value is -4.30. The Morgan fingerprint density at radius 3 is 2.56 bits per heavy atom. The standard InChI is InChI=1S/C26H17FN2O4S/c1-32-26(31)22-20(15-6-9-16(27)10-7-15)13-34-25(22)29-24(30)19-12-18-17-5-3-2-4-14(17)8-11-21(18)33-23(19)28/h2-13,28H,1H3,(H,29,30). The second kappa shape index (κ2) is 8.57. The largest absolute Gasteiger partial charge is 0.465 e. The van der Waals surface area contributed by atoms with Gasteiger partial charge in [0.1, 0.15) is 27.5 Å². The van der Waals surface area contributed by atoms with Crippen molar-refractivity contribution in [2.75, 3.05) is 12.4 Å². The molecule has 5 rings (SSSR count). The van der Waals surface area contributed by atoms with E-state index in [4.69, 9.17) is 14.6 Å². The molecule has 34 heavy (non-hydrogen) atoms. The van der Waals surface area contributed by atoms with Crippen LogP contribution in [0.5, 0.6) is 0 Å². The van der Waals surface area contributed by atoms with Gasteiger partial charge in [0.05, 0.1) is 7.11 Å². The molecule has 168 valence electrons. The number of benzene rings is 3. The molecule has 2 aromatic heterocycles. The minimum atomic E-state index is -0.642. The molecule has 0 saturated heterocycles. The first kappa shape index (κ1) is 21.5. The zero-order valence-electron chi connectivity index (χ0n) is 17.8. The number of methoxy groups -OCH3 is 1. The highest BCUT2D eigenvalue weighted by molar-refractivity contribution is 7.15. The molecule has 8 heteroatoms. The summed E-state index contributed by atoms with van der Waals surface area (Å²) in [6.45, 7) is 0. The van der Waals surface area contributed by atoms with Gasteiger partial charge in [-0.2, -0.15) is 0 Å². The van der Waals surface area contributed by atoms with Crippen LogP contribution in [-0.4, -0.2) is 19.0 Å². The van der Waals surface area contributed by atoms with Gasteiger partial charge in [0.25, 0.3) is 5.91 Å². The number of amides is 1. The highest BCUT2D eigenvalue weighted by atomic mass is 32.1. The summed E-state index contributed by atoms with van der Waals surface area (Å²) in [7, 11) is 1.25. The second-order valence-corrected chi connectivity index (χ2v) is 8.37. The van der Waals surface area contributed by atoms with Crippen LogP contribution in [0.15, 0.2) is 76.5 Å². The Morgan fingerprint density at radius 2 is 1.79 bits per heavy atom. The van der Waals surface area contributed by atoms with E-state index < -0.39 is 17.7 Å². The molecule has 0 radical (unpaired) electrons. The molecule has 5 aromatic rings. The molecule has 0 unspecified atom stereocenters. The highest BCUT2D eigenvalue weighted by Gasteiger charge is 2.23. The van der Waals surface area contributed by atoms with Crippen molar-refractivity contribution in [1.82, 2.24) is 0 Å². The van der Waals surface area contributed by atoms with Gasteiger partial charge in [0, 0.05) is 16.3 Å². The quantitative estimate of drug-likeness (QED) is 0.249. The molecule has 0 saturated carbocycles. The molecule has 1 amide bonds. The number of anilines is 1. The maximum absolute atomic E-state index is 13.4. The van der Waals surface area contributed by atoms with Crippen molar-refractivity contribution < 1.29 is 23.1 Å². The number of hydrogen-bond acceptors (Lipinski definition) is 6. The van der Waals surface area contributed by atoms with Crippen LogP contribution in [0.2, 0.25) is 0 Å². The van der Waals surface area contributed by atoms with E-state index in [1.165, 1.54) is 19.2 Å². The lowest BCUT2D eigenvalue weighted by Crippen LogP contribution is -2.21. The van der Waals surface area contributed by atoms with Crippen LogP contribution in [0.3, 0.4) is 0 Å². The maximum Gasteiger partial charge on any atom is 0.341 e. The van der Waals surface area contributed by atoms with Crippen LogP contribution in [0.1, 0.15) is 20.7 Å². The number of carbonyl (C=O) groups excluding carboxylic acids is 2. The van der Waals surface area contributed by atoms with Gasteiger partial charge in [-0.15, -0.1) is 11.3 Å². The highest BCUT2D eigenvalue weighted by Crippen LogP contribution is 2.36. The molecule has 2 heterocycles. The lowest BCUT2D eigenvalue weighted by atomic mass is 10.0.